The van der Waals surface area contributed by atoms with Gasteiger partial charge < -0.3 is 15.3 Å². The van der Waals surface area contributed by atoms with Gasteiger partial charge in [0, 0.05) is 6.61 Å². The van der Waals surface area contributed by atoms with Crippen molar-refractivity contribution in [3.05, 3.63) is 0 Å². The third-order valence-corrected chi connectivity index (χ3v) is 13.7. The molecular weight excluding hydrogens is 408 g/mol. The topological polar surface area (TPSA) is 60.7 Å². The molecule has 5 fully saturated rings. The zero-order valence-electron chi connectivity index (χ0n) is 22.6. The van der Waals surface area contributed by atoms with Gasteiger partial charge in [0.1, 0.15) is 0 Å². The molecule has 10 atom stereocenters. The lowest BCUT2D eigenvalue weighted by atomic mass is 9.31. The summed E-state index contributed by atoms with van der Waals surface area (Å²) in [6.45, 7) is 17.4. The van der Waals surface area contributed by atoms with Gasteiger partial charge in [-0.3, -0.25) is 0 Å². The van der Waals surface area contributed by atoms with Crippen molar-refractivity contribution < 1.29 is 15.3 Å². The average Bonchev–Trinajstić information content (AvgIpc) is 2.72. The fourth-order valence-electron chi connectivity index (χ4n) is 11.4. The molecule has 3 nitrogen and oxygen atoms in total. The van der Waals surface area contributed by atoms with Crippen LogP contribution in [0.25, 0.3) is 0 Å². The van der Waals surface area contributed by atoms with Crippen LogP contribution < -0.4 is 0 Å². The van der Waals surface area contributed by atoms with E-state index in [1.54, 1.807) is 0 Å². The molecule has 5 rings (SSSR count). The minimum absolute atomic E-state index is 0.0158. The van der Waals surface area contributed by atoms with E-state index >= 15 is 0 Å². The van der Waals surface area contributed by atoms with Crippen molar-refractivity contribution in [3.63, 3.8) is 0 Å². The molecule has 0 heterocycles. The summed E-state index contributed by atoms with van der Waals surface area (Å²) >= 11 is 0. The van der Waals surface area contributed by atoms with Crippen molar-refractivity contribution in [1.29, 1.82) is 0 Å². The minimum Gasteiger partial charge on any atom is -0.396 e. The van der Waals surface area contributed by atoms with E-state index in [2.05, 4.69) is 48.5 Å². The van der Waals surface area contributed by atoms with Gasteiger partial charge in [-0.15, -0.1) is 0 Å². The van der Waals surface area contributed by atoms with Gasteiger partial charge in [0.15, 0.2) is 0 Å². The number of aliphatic hydroxyl groups excluding tert-OH is 3. The van der Waals surface area contributed by atoms with Gasteiger partial charge in [0.25, 0.3) is 0 Å². The lowest BCUT2D eigenvalue weighted by Gasteiger charge is -2.74. The second-order valence-corrected chi connectivity index (χ2v) is 15.7. The summed E-state index contributed by atoms with van der Waals surface area (Å²) in [4.78, 5) is 0. The van der Waals surface area contributed by atoms with Crippen molar-refractivity contribution in [2.45, 2.75) is 125 Å². The van der Waals surface area contributed by atoms with Gasteiger partial charge >= 0.3 is 0 Å². The number of hydrogen-bond acceptors (Lipinski definition) is 3. The van der Waals surface area contributed by atoms with E-state index in [1.165, 1.54) is 19.3 Å². The zero-order chi connectivity index (χ0) is 24.2. The van der Waals surface area contributed by atoms with Crippen LogP contribution in [0.5, 0.6) is 0 Å². The number of aliphatic hydroxyl groups is 3. The van der Waals surface area contributed by atoms with E-state index in [0.717, 1.165) is 44.9 Å². The molecule has 190 valence electrons. The van der Waals surface area contributed by atoms with Gasteiger partial charge in [-0.25, -0.2) is 0 Å². The molecule has 0 aliphatic heterocycles. The third kappa shape index (κ3) is 3.03. The molecule has 0 bridgehead atoms. The quantitative estimate of drug-likeness (QED) is 0.437. The second-order valence-electron chi connectivity index (χ2n) is 15.7. The van der Waals surface area contributed by atoms with Crippen LogP contribution >= 0.6 is 0 Å². The van der Waals surface area contributed by atoms with E-state index in [4.69, 9.17) is 0 Å². The summed E-state index contributed by atoms with van der Waals surface area (Å²) < 4.78 is 0. The first-order valence-electron chi connectivity index (χ1n) is 14.1. The Morgan fingerprint density at radius 2 is 1.39 bits per heavy atom. The lowest BCUT2D eigenvalue weighted by molar-refractivity contribution is -0.281. The zero-order valence-corrected chi connectivity index (χ0v) is 22.6. The predicted molar refractivity (Wildman–Crippen MR) is 134 cm³/mol. The molecule has 0 aromatic heterocycles. The van der Waals surface area contributed by atoms with Crippen molar-refractivity contribution in [3.8, 4) is 0 Å². The molecule has 5 aliphatic rings. The fourth-order valence-corrected chi connectivity index (χ4v) is 11.4. The highest BCUT2D eigenvalue weighted by molar-refractivity contribution is 5.20. The molecule has 33 heavy (non-hydrogen) atoms. The number of hydrogen-bond donors (Lipinski definition) is 3. The molecule has 0 unspecified atom stereocenters. The molecule has 0 radical (unpaired) electrons. The third-order valence-electron chi connectivity index (χ3n) is 13.7. The van der Waals surface area contributed by atoms with Crippen LogP contribution in [-0.2, 0) is 0 Å². The first-order chi connectivity index (χ1) is 15.2. The Kier molecular flexibility index (Phi) is 5.38. The Labute approximate surface area is 203 Å². The summed E-state index contributed by atoms with van der Waals surface area (Å²) in [6.07, 6.45) is 10.6. The van der Waals surface area contributed by atoms with Crippen LogP contribution in [0.15, 0.2) is 0 Å². The Hall–Kier alpha value is -0.120. The molecule has 0 saturated heterocycles. The summed E-state index contributed by atoms with van der Waals surface area (Å²) in [5, 5.41) is 33.6. The fraction of sp³-hybridized carbons (Fsp3) is 1.00. The Morgan fingerprint density at radius 1 is 0.727 bits per heavy atom. The van der Waals surface area contributed by atoms with Crippen LogP contribution in [0.4, 0.5) is 0 Å². The normalized spacial score (nSPS) is 57.3. The summed E-state index contributed by atoms with van der Waals surface area (Å²) in [5.41, 5.74) is 0.767. The molecule has 5 aliphatic carbocycles. The van der Waals surface area contributed by atoms with Crippen LogP contribution in [0, 0.1) is 56.2 Å². The Balaban J connectivity index is 1.57. The first kappa shape index (κ1) is 24.6. The number of rotatable bonds is 1. The van der Waals surface area contributed by atoms with E-state index < -0.39 is 0 Å². The van der Waals surface area contributed by atoms with Crippen molar-refractivity contribution >= 4 is 0 Å². The number of fused-ring (bicyclic) bond motifs is 7. The monoisotopic (exact) mass is 460 g/mol. The molecular formula is C30H52O3. The Morgan fingerprint density at radius 3 is 2.06 bits per heavy atom. The molecule has 5 saturated carbocycles. The van der Waals surface area contributed by atoms with Crippen LogP contribution in [0.3, 0.4) is 0 Å². The Bertz CT molecular complexity index is 789. The van der Waals surface area contributed by atoms with Gasteiger partial charge in [-0.05, 0) is 120 Å². The van der Waals surface area contributed by atoms with Crippen molar-refractivity contribution in [2.75, 3.05) is 6.61 Å². The standard InChI is InChI=1S/C30H52O3/c1-25(2)12-14-30(18-31)15-13-29(7)24(19(30)17-25)20(32)16-22-27(5)10-9-23(33)26(3,4)21(27)8-11-28(22,29)6/h19-24,31-33H,8-18H2,1-7H3/t19-,20+,21-,22+,23-,24-,27-,28+,29+,30+/m0/s1. The summed E-state index contributed by atoms with van der Waals surface area (Å²) in [6, 6.07) is 0. The maximum absolute atomic E-state index is 12.0. The predicted octanol–water partition coefficient (Wildman–Crippen LogP) is 6.19. The maximum Gasteiger partial charge on any atom is 0.0594 e. The first-order valence-corrected chi connectivity index (χ1v) is 14.1. The van der Waals surface area contributed by atoms with Gasteiger partial charge in [0.05, 0.1) is 12.2 Å². The highest BCUT2D eigenvalue weighted by atomic mass is 16.3. The van der Waals surface area contributed by atoms with Gasteiger partial charge in [-0.2, -0.15) is 0 Å². The maximum atomic E-state index is 12.0. The highest BCUT2D eigenvalue weighted by Crippen LogP contribution is 2.76. The van der Waals surface area contributed by atoms with E-state index in [-0.39, 0.29) is 39.3 Å². The summed E-state index contributed by atoms with van der Waals surface area (Å²) in [7, 11) is 0. The lowest BCUT2D eigenvalue weighted by Crippen LogP contribution is -2.70. The molecule has 0 spiro atoms. The molecule has 0 amide bonds. The highest BCUT2D eigenvalue weighted by Gasteiger charge is 2.71. The van der Waals surface area contributed by atoms with Crippen molar-refractivity contribution in [1.82, 2.24) is 0 Å². The van der Waals surface area contributed by atoms with Gasteiger partial charge in [-0.1, -0.05) is 48.5 Å². The second kappa shape index (κ2) is 7.22. The molecule has 0 aromatic rings. The smallest absolute Gasteiger partial charge is 0.0594 e. The average molecular weight is 461 g/mol. The van der Waals surface area contributed by atoms with Crippen LogP contribution in [0.2, 0.25) is 0 Å². The van der Waals surface area contributed by atoms with Crippen molar-refractivity contribution in [2.24, 2.45) is 56.2 Å². The van der Waals surface area contributed by atoms with E-state index in [0.29, 0.717) is 35.7 Å². The summed E-state index contributed by atoms with van der Waals surface area (Å²) in [5.74, 6) is 1.74. The molecule has 3 heteroatoms. The largest absolute Gasteiger partial charge is 0.396 e. The molecule has 3 N–H and O–H groups in total. The SMILES string of the molecule is CC1(C)CC[C@]2(CO)CC[C@]3(C)[C@H]([C@H](O)C[C@@H]4[C@@]5(C)CC[C@H](O)C(C)(C)[C@@H]5CC[C@]43C)[C@@H]2C1. The molecule has 0 aromatic carbocycles. The van der Waals surface area contributed by atoms with Gasteiger partial charge in [0.2, 0.25) is 0 Å². The van der Waals surface area contributed by atoms with Crippen LogP contribution in [0.1, 0.15) is 113 Å². The minimum atomic E-state index is -0.274. The van der Waals surface area contributed by atoms with E-state index in [1.807, 2.05) is 0 Å². The van der Waals surface area contributed by atoms with E-state index in [9.17, 15) is 15.3 Å². The van der Waals surface area contributed by atoms with Crippen LogP contribution in [-0.4, -0.2) is 34.1 Å².